The molecular weight excluding hydrogens is 234 g/mol. The van der Waals surface area contributed by atoms with E-state index in [1.165, 1.54) is 0 Å². The monoisotopic (exact) mass is 247 g/mol. The highest BCUT2D eigenvalue weighted by atomic mass is 32.1. The molecule has 0 radical (unpaired) electrons. The number of benzene rings is 1. The van der Waals surface area contributed by atoms with Crippen LogP contribution < -0.4 is 10.5 Å². The molecule has 2 N–H and O–H groups in total. The van der Waals surface area contributed by atoms with Crippen LogP contribution in [-0.4, -0.2) is 21.9 Å². The van der Waals surface area contributed by atoms with E-state index in [4.69, 9.17) is 22.7 Å². The molecule has 1 heterocycles. The van der Waals surface area contributed by atoms with Crippen molar-refractivity contribution in [2.75, 3.05) is 7.11 Å². The molecule has 0 amide bonds. The molecule has 0 saturated carbocycles. The average Bonchev–Trinajstić information content (AvgIpc) is 2.75. The lowest BCUT2D eigenvalue weighted by Gasteiger charge is -2.10. The fourth-order valence-electron chi connectivity index (χ4n) is 1.58. The van der Waals surface area contributed by atoms with Crippen molar-refractivity contribution in [3.05, 3.63) is 41.7 Å². The van der Waals surface area contributed by atoms with E-state index in [-0.39, 0.29) is 0 Å². The fraction of sp³-hybridized carbons (Fsp3) is 0.167. The molecule has 1 aromatic heterocycles. The molecule has 0 unspecified atom stereocenters. The number of thiocarbonyl (C=S) groups is 1. The summed E-state index contributed by atoms with van der Waals surface area (Å²) in [6, 6.07) is 5.53. The standard InChI is InChI=1S/C12H13N3OS/c1-8-6-14-15(7-8)11-5-9(16-2)3-4-10(11)12(13)17/h3-7H,1-2H3,(H2,13,17). The Morgan fingerprint density at radius 2 is 2.24 bits per heavy atom. The third kappa shape index (κ3) is 2.29. The van der Waals surface area contributed by atoms with E-state index in [1.54, 1.807) is 18.0 Å². The van der Waals surface area contributed by atoms with E-state index < -0.39 is 0 Å². The van der Waals surface area contributed by atoms with Crippen LogP contribution in [0.5, 0.6) is 5.75 Å². The average molecular weight is 247 g/mol. The molecule has 5 heteroatoms. The maximum absolute atomic E-state index is 5.70. The minimum Gasteiger partial charge on any atom is -0.497 e. The number of nitrogens with two attached hydrogens (primary N) is 1. The molecule has 88 valence electrons. The van der Waals surface area contributed by atoms with E-state index >= 15 is 0 Å². The van der Waals surface area contributed by atoms with Crippen molar-refractivity contribution in [1.82, 2.24) is 9.78 Å². The summed E-state index contributed by atoms with van der Waals surface area (Å²) in [5, 5.41) is 4.25. The normalized spacial score (nSPS) is 10.2. The molecule has 0 aliphatic rings. The molecule has 0 aliphatic carbocycles. The molecule has 0 fully saturated rings. The number of methoxy groups -OCH3 is 1. The number of aryl methyl sites for hydroxylation is 1. The van der Waals surface area contributed by atoms with Crippen LogP contribution in [0.15, 0.2) is 30.6 Å². The van der Waals surface area contributed by atoms with Crippen LogP contribution in [0.3, 0.4) is 0 Å². The summed E-state index contributed by atoms with van der Waals surface area (Å²) >= 11 is 5.03. The number of aromatic nitrogens is 2. The highest BCUT2D eigenvalue weighted by molar-refractivity contribution is 7.80. The lowest BCUT2D eigenvalue weighted by atomic mass is 10.1. The SMILES string of the molecule is COc1ccc(C(N)=S)c(-n2cc(C)cn2)c1. The molecular formula is C12H13N3OS. The maximum atomic E-state index is 5.70. The van der Waals surface area contributed by atoms with Gasteiger partial charge in [-0.1, -0.05) is 12.2 Å². The number of hydrogen-bond acceptors (Lipinski definition) is 3. The van der Waals surface area contributed by atoms with Gasteiger partial charge in [0.15, 0.2) is 0 Å². The van der Waals surface area contributed by atoms with Gasteiger partial charge in [-0.05, 0) is 24.6 Å². The smallest absolute Gasteiger partial charge is 0.121 e. The van der Waals surface area contributed by atoms with Crippen LogP contribution in [0.25, 0.3) is 5.69 Å². The second-order valence-electron chi connectivity index (χ2n) is 3.71. The van der Waals surface area contributed by atoms with Gasteiger partial charge in [-0.25, -0.2) is 4.68 Å². The highest BCUT2D eigenvalue weighted by Gasteiger charge is 2.09. The molecule has 4 nitrogen and oxygen atoms in total. The molecule has 0 spiro atoms. The Morgan fingerprint density at radius 3 is 2.76 bits per heavy atom. The van der Waals surface area contributed by atoms with Gasteiger partial charge in [0.25, 0.3) is 0 Å². The molecule has 0 atom stereocenters. The predicted molar refractivity (Wildman–Crippen MR) is 70.7 cm³/mol. The summed E-state index contributed by atoms with van der Waals surface area (Å²) in [5.41, 5.74) is 8.38. The predicted octanol–water partition coefficient (Wildman–Crippen LogP) is 1.82. The van der Waals surface area contributed by atoms with E-state index in [0.717, 1.165) is 22.6 Å². The number of hydrogen-bond donors (Lipinski definition) is 1. The topological polar surface area (TPSA) is 53.1 Å². The fourth-order valence-corrected chi connectivity index (χ4v) is 1.75. The molecule has 2 aromatic rings. The van der Waals surface area contributed by atoms with Crippen molar-refractivity contribution in [2.45, 2.75) is 6.92 Å². The van der Waals surface area contributed by atoms with Crippen molar-refractivity contribution >= 4 is 17.2 Å². The Kier molecular flexibility index (Phi) is 3.10. The van der Waals surface area contributed by atoms with E-state index in [1.807, 2.05) is 31.3 Å². The van der Waals surface area contributed by atoms with Crippen molar-refractivity contribution in [2.24, 2.45) is 5.73 Å². The Morgan fingerprint density at radius 1 is 1.47 bits per heavy atom. The van der Waals surface area contributed by atoms with Gasteiger partial charge in [0.1, 0.15) is 10.7 Å². The second-order valence-corrected chi connectivity index (χ2v) is 4.15. The zero-order valence-corrected chi connectivity index (χ0v) is 10.5. The molecule has 0 aliphatic heterocycles. The minimum absolute atomic E-state index is 0.343. The first kappa shape index (κ1) is 11.6. The Hall–Kier alpha value is -1.88. The molecule has 2 rings (SSSR count). The van der Waals surface area contributed by atoms with Gasteiger partial charge in [-0.15, -0.1) is 0 Å². The first-order valence-corrected chi connectivity index (χ1v) is 5.52. The number of nitrogens with zero attached hydrogens (tertiary/aromatic N) is 2. The van der Waals surface area contributed by atoms with Gasteiger partial charge in [0, 0.05) is 17.8 Å². The van der Waals surface area contributed by atoms with Gasteiger partial charge < -0.3 is 10.5 Å². The van der Waals surface area contributed by atoms with Gasteiger partial charge in [0.05, 0.1) is 19.0 Å². The molecule has 0 bridgehead atoms. The van der Waals surface area contributed by atoms with Gasteiger partial charge in [-0.3, -0.25) is 0 Å². The van der Waals surface area contributed by atoms with Crippen LogP contribution in [0.4, 0.5) is 0 Å². The molecule has 17 heavy (non-hydrogen) atoms. The largest absolute Gasteiger partial charge is 0.497 e. The van der Waals surface area contributed by atoms with E-state index in [2.05, 4.69) is 5.10 Å². The summed E-state index contributed by atoms with van der Waals surface area (Å²) in [7, 11) is 1.62. The first-order valence-electron chi connectivity index (χ1n) is 5.11. The van der Waals surface area contributed by atoms with Gasteiger partial charge in [0.2, 0.25) is 0 Å². The van der Waals surface area contributed by atoms with E-state index in [9.17, 15) is 0 Å². The zero-order chi connectivity index (χ0) is 12.4. The Bertz CT molecular complexity index is 563. The summed E-state index contributed by atoms with van der Waals surface area (Å²) in [6.45, 7) is 1.98. The summed E-state index contributed by atoms with van der Waals surface area (Å²) < 4.78 is 6.94. The van der Waals surface area contributed by atoms with Crippen LogP contribution in [0.1, 0.15) is 11.1 Å². The Balaban J connectivity index is 2.60. The van der Waals surface area contributed by atoms with Crippen molar-refractivity contribution in [3.63, 3.8) is 0 Å². The molecule has 1 aromatic carbocycles. The van der Waals surface area contributed by atoms with Crippen LogP contribution in [0, 0.1) is 6.92 Å². The van der Waals surface area contributed by atoms with Crippen LogP contribution >= 0.6 is 12.2 Å². The Labute approximate surface area is 105 Å². The molecule has 0 saturated heterocycles. The van der Waals surface area contributed by atoms with Crippen molar-refractivity contribution in [1.29, 1.82) is 0 Å². The zero-order valence-electron chi connectivity index (χ0n) is 9.68. The van der Waals surface area contributed by atoms with Crippen LogP contribution in [-0.2, 0) is 0 Å². The second kappa shape index (κ2) is 4.55. The van der Waals surface area contributed by atoms with Crippen molar-refractivity contribution in [3.8, 4) is 11.4 Å². The number of ether oxygens (including phenoxy) is 1. The summed E-state index contributed by atoms with van der Waals surface area (Å²) in [5.74, 6) is 0.744. The van der Waals surface area contributed by atoms with Crippen LogP contribution in [0.2, 0.25) is 0 Å². The first-order chi connectivity index (χ1) is 8.11. The quantitative estimate of drug-likeness (QED) is 0.841. The third-order valence-electron chi connectivity index (χ3n) is 2.43. The lowest BCUT2D eigenvalue weighted by molar-refractivity contribution is 0.414. The summed E-state index contributed by atoms with van der Waals surface area (Å²) in [4.78, 5) is 0.343. The van der Waals surface area contributed by atoms with E-state index in [0.29, 0.717) is 4.99 Å². The summed E-state index contributed by atoms with van der Waals surface area (Å²) in [6.07, 6.45) is 3.69. The third-order valence-corrected chi connectivity index (χ3v) is 2.65. The van der Waals surface area contributed by atoms with Crippen molar-refractivity contribution < 1.29 is 4.74 Å². The highest BCUT2D eigenvalue weighted by Crippen LogP contribution is 2.21. The lowest BCUT2D eigenvalue weighted by Crippen LogP contribution is -2.13. The van der Waals surface area contributed by atoms with Gasteiger partial charge >= 0.3 is 0 Å². The van der Waals surface area contributed by atoms with Gasteiger partial charge in [-0.2, -0.15) is 5.10 Å². The minimum atomic E-state index is 0.343. The maximum Gasteiger partial charge on any atom is 0.121 e. The number of rotatable bonds is 3.